The molecule has 0 bridgehead atoms. The van der Waals surface area contributed by atoms with Gasteiger partial charge in [0.05, 0.1) is 6.54 Å². The van der Waals surface area contributed by atoms with Crippen LogP contribution >= 0.6 is 0 Å². The van der Waals surface area contributed by atoms with Gasteiger partial charge in [0.15, 0.2) is 5.43 Å². The number of H-pyrrole nitrogens is 1. The van der Waals surface area contributed by atoms with E-state index in [4.69, 9.17) is 0 Å². The Morgan fingerprint density at radius 3 is 2.54 bits per heavy atom. The monoisotopic (exact) mass is 346 g/mol. The molecule has 1 heterocycles. The fraction of sp³-hybridized carbons (Fsp3) is 0.182. The van der Waals surface area contributed by atoms with E-state index in [1.807, 2.05) is 36.4 Å². The summed E-state index contributed by atoms with van der Waals surface area (Å²) in [5, 5.41) is 2.89. The van der Waals surface area contributed by atoms with Gasteiger partial charge in [0.25, 0.3) is 5.91 Å². The smallest absolute Gasteiger partial charge is 0.251 e. The topological polar surface area (TPSA) is 62.0 Å². The first-order valence-corrected chi connectivity index (χ1v) is 8.59. The molecular weight excluding hydrogens is 324 g/mol. The van der Waals surface area contributed by atoms with Gasteiger partial charge in [0.1, 0.15) is 0 Å². The normalized spacial score (nSPS) is 10.6. The lowest BCUT2D eigenvalue weighted by molar-refractivity contribution is 0.0950. The maximum absolute atomic E-state index is 12.5. The number of amides is 1. The van der Waals surface area contributed by atoms with Gasteiger partial charge in [-0.1, -0.05) is 36.4 Å². The molecule has 2 aromatic carbocycles. The highest BCUT2D eigenvalue weighted by atomic mass is 16.1. The lowest BCUT2D eigenvalue weighted by atomic mass is 9.99. The maximum Gasteiger partial charge on any atom is 0.251 e. The number of benzene rings is 2. The van der Waals surface area contributed by atoms with Crippen LogP contribution in [0.1, 0.15) is 32.7 Å². The van der Waals surface area contributed by atoms with E-state index < -0.39 is 0 Å². The van der Waals surface area contributed by atoms with E-state index in [0.29, 0.717) is 16.7 Å². The van der Waals surface area contributed by atoms with Gasteiger partial charge in [-0.25, -0.2) is 0 Å². The molecule has 26 heavy (non-hydrogen) atoms. The fourth-order valence-electron chi connectivity index (χ4n) is 2.98. The Bertz CT molecular complexity index is 1020. The average Bonchev–Trinajstić information content (AvgIpc) is 2.66. The molecule has 1 aromatic heterocycles. The molecule has 0 radical (unpaired) electrons. The quantitative estimate of drug-likeness (QED) is 0.753. The van der Waals surface area contributed by atoms with Gasteiger partial charge in [-0.05, 0) is 49.6 Å². The first kappa shape index (κ1) is 17.7. The Morgan fingerprint density at radius 2 is 1.77 bits per heavy atom. The van der Waals surface area contributed by atoms with Gasteiger partial charge in [0.2, 0.25) is 0 Å². The molecule has 132 valence electrons. The van der Waals surface area contributed by atoms with E-state index in [1.165, 1.54) is 0 Å². The van der Waals surface area contributed by atoms with Crippen molar-refractivity contribution in [2.45, 2.75) is 27.3 Å². The molecule has 0 saturated heterocycles. The van der Waals surface area contributed by atoms with Crippen molar-refractivity contribution in [1.82, 2.24) is 10.3 Å². The van der Waals surface area contributed by atoms with Crippen LogP contribution in [0.5, 0.6) is 0 Å². The highest BCUT2D eigenvalue weighted by Gasteiger charge is 2.10. The number of pyridine rings is 1. The van der Waals surface area contributed by atoms with E-state index in [2.05, 4.69) is 23.3 Å². The van der Waals surface area contributed by atoms with Crippen LogP contribution in [0.2, 0.25) is 0 Å². The van der Waals surface area contributed by atoms with Crippen LogP contribution in [0.4, 0.5) is 0 Å². The second kappa shape index (κ2) is 7.40. The summed E-state index contributed by atoms with van der Waals surface area (Å²) < 4.78 is 0. The van der Waals surface area contributed by atoms with Crippen LogP contribution in [-0.4, -0.2) is 10.9 Å². The summed E-state index contributed by atoms with van der Waals surface area (Å²) in [4.78, 5) is 27.6. The number of hydrogen-bond donors (Lipinski definition) is 2. The van der Waals surface area contributed by atoms with Gasteiger partial charge >= 0.3 is 0 Å². The molecule has 4 heteroatoms. The predicted octanol–water partition coefficient (Wildman–Crippen LogP) is 3.90. The molecule has 0 spiro atoms. The second-order valence-electron chi connectivity index (χ2n) is 6.48. The molecule has 0 fully saturated rings. The zero-order valence-electron chi connectivity index (χ0n) is 15.2. The lowest BCUT2D eigenvalue weighted by Crippen LogP contribution is -2.25. The molecule has 0 atom stereocenters. The Balaban J connectivity index is 1.79. The van der Waals surface area contributed by atoms with Gasteiger partial charge in [0, 0.05) is 28.6 Å². The number of hydrogen-bond acceptors (Lipinski definition) is 2. The molecule has 2 N–H and O–H groups in total. The molecule has 3 rings (SSSR count). The third-order valence-corrected chi connectivity index (χ3v) is 4.62. The Labute approximate surface area is 152 Å². The number of rotatable bonds is 4. The van der Waals surface area contributed by atoms with E-state index in [-0.39, 0.29) is 17.9 Å². The molecule has 0 saturated carbocycles. The average molecular weight is 346 g/mol. The summed E-state index contributed by atoms with van der Waals surface area (Å²) in [6.07, 6.45) is 1.68. The largest absolute Gasteiger partial charge is 0.363 e. The molecular formula is C22H22N2O2. The molecule has 4 nitrogen and oxygen atoms in total. The first-order chi connectivity index (χ1) is 12.5. The number of carbonyl (C=O) groups is 1. The van der Waals surface area contributed by atoms with Gasteiger partial charge in [-0.2, -0.15) is 0 Å². The summed E-state index contributed by atoms with van der Waals surface area (Å²) >= 11 is 0. The highest BCUT2D eigenvalue weighted by molar-refractivity contribution is 5.95. The molecule has 0 unspecified atom stereocenters. The van der Waals surface area contributed by atoms with Gasteiger partial charge < -0.3 is 10.3 Å². The van der Waals surface area contributed by atoms with Crippen molar-refractivity contribution in [2.24, 2.45) is 0 Å². The van der Waals surface area contributed by atoms with Crippen LogP contribution in [0.15, 0.2) is 59.5 Å². The van der Waals surface area contributed by atoms with E-state index >= 15 is 0 Å². The SMILES string of the molecule is Cc1ccccc1-c1cccc(C(=O)NCc2[nH]cc(C)c(=O)c2C)c1. The van der Waals surface area contributed by atoms with Gasteiger partial charge in [-0.3, -0.25) is 9.59 Å². The Hall–Kier alpha value is -3.14. The van der Waals surface area contributed by atoms with Crippen LogP contribution in [-0.2, 0) is 6.54 Å². The third-order valence-electron chi connectivity index (χ3n) is 4.62. The number of carbonyl (C=O) groups excluding carboxylic acids is 1. The first-order valence-electron chi connectivity index (χ1n) is 8.59. The zero-order valence-corrected chi connectivity index (χ0v) is 15.2. The minimum atomic E-state index is -0.166. The second-order valence-corrected chi connectivity index (χ2v) is 6.48. The van der Waals surface area contributed by atoms with Crippen LogP contribution in [0.25, 0.3) is 11.1 Å². The number of aromatic nitrogens is 1. The zero-order chi connectivity index (χ0) is 18.7. The van der Waals surface area contributed by atoms with Crippen molar-refractivity contribution < 1.29 is 4.79 Å². The van der Waals surface area contributed by atoms with E-state index in [9.17, 15) is 9.59 Å². The standard InChI is InChI=1S/C22H22N2O2/c1-14-7-4-5-10-19(14)17-8-6-9-18(11-17)22(26)24-13-20-16(3)21(25)15(2)12-23-20/h4-12H,13H2,1-3H3,(H,23,25)(H,24,26). The number of aryl methyl sites for hydroxylation is 2. The van der Waals surface area contributed by atoms with E-state index in [0.717, 1.165) is 22.4 Å². The summed E-state index contributed by atoms with van der Waals surface area (Å²) in [7, 11) is 0. The Kier molecular flexibility index (Phi) is 5.03. The van der Waals surface area contributed by atoms with Crippen LogP contribution < -0.4 is 10.7 Å². The highest BCUT2D eigenvalue weighted by Crippen LogP contribution is 2.23. The minimum Gasteiger partial charge on any atom is -0.363 e. The third kappa shape index (κ3) is 3.59. The number of aromatic amines is 1. The summed E-state index contributed by atoms with van der Waals surface area (Å²) in [5.41, 5.74) is 5.92. The van der Waals surface area contributed by atoms with Crippen molar-refractivity contribution in [3.05, 3.63) is 92.9 Å². The van der Waals surface area contributed by atoms with Crippen molar-refractivity contribution >= 4 is 5.91 Å². The van der Waals surface area contributed by atoms with Crippen LogP contribution in [0.3, 0.4) is 0 Å². The summed E-state index contributed by atoms with van der Waals surface area (Å²) in [5.74, 6) is -0.166. The van der Waals surface area contributed by atoms with Crippen molar-refractivity contribution in [3.8, 4) is 11.1 Å². The summed E-state index contributed by atoms with van der Waals surface area (Å²) in [6.45, 7) is 5.88. The molecule has 1 amide bonds. The van der Waals surface area contributed by atoms with Crippen molar-refractivity contribution in [2.75, 3.05) is 0 Å². The molecule has 0 aliphatic rings. The number of nitrogens with one attached hydrogen (secondary N) is 2. The Morgan fingerprint density at radius 1 is 1.00 bits per heavy atom. The molecule has 0 aliphatic carbocycles. The fourth-order valence-corrected chi connectivity index (χ4v) is 2.98. The molecule has 3 aromatic rings. The summed E-state index contributed by atoms with van der Waals surface area (Å²) in [6, 6.07) is 15.7. The van der Waals surface area contributed by atoms with Crippen LogP contribution in [0, 0.1) is 20.8 Å². The lowest BCUT2D eigenvalue weighted by Gasteiger charge is -2.10. The van der Waals surface area contributed by atoms with Gasteiger partial charge in [-0.15, -0.1) is 0 Å². The van der Waals surface area contributed by atoms with E-state index in [1.54, 1.807) is 26.1 Å². The van der Waals surface area contributed by atoms with Crippen molar-refractivity contribution in [3.63, 3.8) is 0 Å². The predicted molar refractivity (Wildman–Crippen MR) is 104 cm³/mol. The van der Waals surface area contributed by atoms with Crippen molar-refractivity contribution in [1.29, 1.82) is 0 Å². The minimum absolute atomic E-state index is 0.00884. The maximum atomic E-state index is 12.5. The molecule has 0 aliphatic heterocycles.